The zero-order chi connectivity index (χ0) is 17.7. The monoisotopic (exact) mass is 374 g/mol. The van der Waals surface area contributed by atoms with Gasteiger partial charge in [0, 0.05) is 5.69 Å². The summed E-state index contributed by atoms with van der Waals surface area (Å²) >= 11 is 1.03. The molecule has 0 aliphatic carbocycles. The fourth-order valence-electron chi connectivity index (χ4n) is 1.96. The minimum atomic E-state index is -3.63. The van der Waals surface area contributed by atoms with Gasteiger partial charge in [-0.05, 0) is 24.3 Å². The van der Waals surface area contributed by atoms with Crippen molar-refractivity contribution in [2.24, 2.45) is 0 Å². The number of aromatic nitrogens is 2. The number of anilines is 1. The van der Waals surface area contributed by atoms with Crippen LogP contribution in [0.3, 0.4) is 0 Å². The normalized spacial score (nSPS) is 11.2. The van der Waals surface area contributed by atoms with Gasteiger partial charge in [0.2, 0.25) is 15.0 Å². The van der Waals surface area contributed by atoms with Gasteiger partial charge in [0.1, 0.15) is 5.01 Å². The van der Waals surface area contributed by atoms with E-state index in [1.807, 2.05) is 6.07 Å². The summed E-state index contributed by atoms with van der Waals surface area (Å²) in [6, 6.07) is 17.0. The van der Waals surface area contributed by atoms with Gasteiger partial charge in [0.05, 0.1) is 11.4 Å². The molecule has 0 bridgehead atoms. The van der Waals surface area contributed by atoms with Crippen molar-refractivity contribution in [1.29, 1.82) is 0 Å². The minimum absolute atomic E-state index is 0.0342. The van der Waals surface area contributed by atoms with Crippen LogP contribution in [0.4, 0.5) is 5.69 Å². The summed E-state index contributed by atoms with van der Waals surface area (Å²) in [5, 5.41) is 10.9. The molecule has 0 saturated carbocycles. The number of hydrogen-bond acceptors (Lipinski definition) is 6. The molecule has 2 aromatic carbocycles. The van der Waals surface area contributed by atoms with Crippen LogP contribution >= 0.6 is 11.3 Å². The lowest BCUT2D eigenvalue weighted by molar-refractivity contribution is 0.102. The molecule has 7 nitrogen and oxygen atoms in total. The van der Waals surface area contributed by atoms with Crippen LogP contribution in [0.5, 0.6) is 0 Å². The molecular weight excluding hydrogens is 360 g/mol. The number of hydrogen-bond donors (Lipinski definition) is 2. The number of amides is 1. The Morgan fingerprint density at radius 1 is 0.960 bits per heavy atom. The highest BCUT2D eigenvalue weighted by Gasteiger charge is 2.16. The second-order valence-electron chi connectivity index (χ2n) is 4.96. The van der Waals surface area contributed by atoms with Crippen molar-refractivity contribution in [3.8, 4) is 0 Å². The third-order valence-corrected chi connectivity index (χ3v) is 5.50. The first-order valence-electron chi connectivity index (χ1n) is 7.28. The third-order valence-electron chi connectivity index (χ3n) is 3.16. The molecule has 3 aromatic rings. The summed E-state index contributed by atoms with van der Waals surface area (Å²) in [5.74, 6) is -0.388. The van der Waals surface area contributed by atoms with Gasteiger partial charge in [0.15, 0.2) is 0 Å². The molecule has 0 spiro atoms. The maximum Gasteiger partial charge on any atom is 0.286 e. The predicted molar refractivity (Wildman–Crippen MR) is 94.8 cm³/mol. The summed E-state index contributed by atoms with van der Waals surface area (Å²) in [7, 11) is -3.63. The van der Waals surface area contributed by atoms with Crippen LogP contribution in [0.15, 0.2) is 65.6 Å². The Bertz CT molecular complexity index is 957. The maximum atomic E-state index is 12.2. The molecule has 2 N–H and O–H groups in total. The number of carbonyl (C=O) groups is 1. The van der Waals surface area contributed by atoms with E-state index in [4.69, 9.17) is 0 Å². The lowest BCUT2D eigenvalue weighted by Crippen LogP contribution is -2.23. The highest BCUT2D eigenvalue weighted by molar-refractivity contribution is 7.89. The quantitative estimate of drug-likeness (QED) is 0.689. The maximum absolute atomic E-state index is 12.2. The largest absolute Gasteiger partial charge is 0.320 e. The second-order valence-corrected chi connectivity index (χ2v) is 7.79. The minimum Gasteiger partial charge on any atom is -0.320 e. The Kier molecular flexibility index (Phi) is 5.17. The number of sulfonamides is 1. The van der Waals surface area contributed by atoms with Gasteiger partial charge in [-0.2, -0.15) is 0 Å². The van der Waals surface area contributed by atoms with Gasteiger partial charge < -0.3 is 5.32 Å². The molecular formula is C16H14N4O3S2. The van der Waals surface area contributed by atoms with Crippen molar-refractivity contribution < 1.29 is 13.2 Å². The van der Waals surface area contributed by atoms with Crippen molar-refractivity contribution in [3.63, 3.8) is 0 Å². The summed E-state index contributed by atoms with van der Waals surface area (Å²) in [6.45, 7) is -0.0342. The van der Waals surface area contributed by atoms with E-state index in [0.29, 0.717) is 10.7 Å². The third kappa shape index (κ3) is 4.47. The van der Waals surface area contributed by atoms with Crippen LogP contribution in [0, 0.1) is 0 Å². The van der Waals surface area contributed by atoms with Gasteiger partial charge in [0.25, 0.3) is 5.91 Å². The molecule has 0 fully saturated rings. The fourth-order valence-corrected chi connectivity index (χ4v) is 3.74. The molecule has 1 amide bonds. The molecule has 25 heavy (non-hydrogen) atoms. The summed E-state index contributed by atoms with van der Waals surface area (Å²) in [6.07, 6.45) is 0. The van der Waals surface area contributed by atoms with E-state index in [-0.39, 0.29) is 22.4 Å². The molecule has 1 aromatic heterocycles. The van der Waals surface area contributed by atoms with Crippen LogP contribution in [-0.2, 0) is 16.6 Å². The Morgan fingerprint density at radius 3 is 2.28 bits per heavy atom. The van der Waals surface area contributed by atoms with E-state index in [1.54, 1.807) is 42.5 Å². The number of carbonyl (C=O) groups excluding carboxylic acids is 1. The van der Waals surface area contributed by atoms with Crippen molar-refractivity contribution >= 4 is 33.0 Å². The van der Waals surface area contributed by atoms with E-state index < -0.39 is 10.0 Å². The standard InChI is InChI=1S/C16H14N4O3S2/c21-15(18-12-7-3-1-4-8-12)16-20-19-14(24-16)11-17-25(22,23)13-9-5-2-6-10-13/h1-10,17H,11H2,(H,18,21). The van der Waals surface area contributed by atoms with E-state index in [2.05, 4.69) is 20.2 Å². The Labute approximate surface area is 148 Å². The Hall–Kier alpha value is -2.62. The molecule has 9 heteroatoms. The molecule has 1 heterocycles. The molecule has 0 radical (unpaired) electrons. The second kappa shape index (κ2) is 7.51. The summed E-state index contributed by atoms with van der Waals surface area (Å²) in [4.78, 5) is 12.3. The van der Waals surface area contributed by atoms with Crippen molar-refractivity contribution in [2.45, 2.75) is 11.4 Å². The van der Waals surface area contributed by atoms with E-state index in [0.717, 1.165) is 11.3 Å². The van der Waals surface area contributed by atoms with Gasteiger partial charge >= 0.3 is 0 Å². The highest BCUT2D eigenvalue weighted by Crippen LogP contribution is 2.14. The van der Waals surface area contributed by atoms with Crippen molar-refractivity contribution in [2.75, 3.05) is 5.32 Å². The zero-order valence-corrected chi connectivity index (χ0v) is 14.5. The van der Waals surface area contributed by atoms with E-state index in [9.17, 15) is 13.2 Å². The number of para-hydroxylation sites is 1. The lowest BCUT2D eigenvalue weighted by Gasteiger charge is -2.04. The molecule has 0 unspecified atom stereocenters. The van der Waals surface area contributed by atoms with E-state index >= 15 is 0 Å². The molecule has 128 valence electrons. The number of nitrogens with zero attached hydrogens (tertiary/aromatic N) is 2. The topological polar surface area (TPSA) is 101 Å². The first-order chi connectivity index (χ1) is 12.0. The van der Waals surface area contributed by atoms with Crippen LogP contribution in [0.1, 0.15) is 14.8 Å². The number of rotatable bonds is 6. The van der Waals surface area contributed by atoms with Gasteiger partial charge in [-0.25, -0.2) is 13.1 Å². The van der Waals surface area contributed by atoms with E-state index in [1.165, 1.54) is 12.1 Å². The van der Waals surface area contributed by atoms with Crippen LogP contribution in [0.25, 0.3) is 0 Å². The van der Waals surface area contributed by atoms with Crippen LogP contribution in [-0.4, -0.2) is 24.5 Å². The van der Waals surface area contributed by atoms with Crippen LogP contribution in [0.2, 0.25) is 0 Å². The SMILES string of the molecule is O=C(Nc1ccccc1)c1nnc(CNS(=O)(=O)c2ccccc2)s1. The fraction of sp³-hybridized carbons (Fsp3) is 0.0625. The molecule has 0 aliphatic heterocycles. The van der Waals surface area contributed by atoms with Gasteiger partial charge in [-0.15, -0.1) is 10.2 Å². The predicted octanol–water partition coefficient (Wildman–Crippen LogP) is 2.27. The summed E-state index contributed by atoms with van der Waals surface area (Å²) < 4.78 is 26.7. The van der Waals surface area contributed by atoms with Gasteiger partial charge in [-0.3, -0.25) is 4.79 Å². The Morgan fingerprint density at radius 2 is 1.60 bits per heavy atom. The molecule has 0 aliphatic rings. The zero-order valence-electron chi connectivity index (χ0n) is 12.9. The molecule has 3 rings (SSSR count). The number of benzene rings is 2. The molecule has 0 saturated heterocycles. The summed E-state index contributed by atoms with van der Waals surface area (Å²) in [5.41, 5.74) is 0.647. The highest BCUT2D eigenvalue weighted by atomic mass is 32.2. The van der Waals surface area contributed by atoms with Crippen molar-refractivity contribution in [1.82, 2.24) is 14.9 Å². The number of nitrogens with one attached hydrogen (secondary N) is 2. The first-order valence-corrected chi connectivity index (χ1v) is 9.58. The average Bonchev–Trinajstić information content (AvgIpc) is 3.11. The first kappa shape index (κ1) is 17.2. The van der Waals surface area contributed by atoms with Gasteiger partial charge in [-0.1, -0.05) is 47.7 Å². The molecule has 0 atom stereocenters. The van der Waals surface area contributed by atoms with Crippen LogP contribution < -0.4 is 10.0 Å². The Balaban J connectivity index is 1.63. The average molecular weight is 374 g/mol. The van der Waals surface area contributed by atoms with Crippen molar-refractivity contribution in [3.05, 3.63) is 70.7 Å². The smallest absolute Gasteiger partial charge is 0.286 e. The lowest BCUT2D eigenvalue weighted by atomic mass is 10.3.